The third-order valence-corrected chi connectivity index (χ3v) is 9.47. The number of rotatable bonds is 8. The monoisotopic (exact) mass is 396 g/mol. The molecule has 0 radical (unpaired) electrons. The second-order valence-electron chi connectivity index (χ2n) is 7.90. The number of hydrogen-bond donors (Lipinski definition) is 0. The first-order valence-electron chi connectivity index (χ1n) is 10.7. The molecular formula is C24H32O3Si. The minimum atomic E-state index is -0.469. The number of benzene rings is 2. The highest BCUT2D eigenvalue weighted by Crippen LogP contribution is 2.35. The molecule has 0 spiro atoms. The second kappa shape index (κ2) is 10.5. The Kier molecular flexibility index (Phi) is 7.72. The van der Waals surface area contributed by atoms with Crippen molar-refractivity contribution in [2.75, 3.05) is 7.11 Å². The van der Waals surface area contributed by atoms with Gasteiger partial charge in [0.05, 0.1) is 12.7 Å². The normalized spacial score (nSPS) is 19.2. The van der Waals surface area contributed by atoms with Crippen molar-refractivity contribution in [3.05, 3.63) is 59.7 Å². The maximum absolute atomic E-state index is 12.3. The van der Waals surface area contributed by atoms with Crippen LogP contribution in [0.1, 0.15) is 60.9 Å². The van der Waals surface area contributed by atoms with Crippen molar-refractivity contribution >= 4 is 14.8 Å². The summed E-state index contributed by atoms with van der Waals surface area (Å²) in [5.41, 5.74) is 1.92. The smallest absolute Gasteiger partial charge is 0.343 e. The number of ether oxygens (including phenoxy) is 2. The van der Waals surface area contributed by atoms with Crippen LogP contribution >= 0.6 is 0 Å². The Bertz CT molecular complexity index is 731. The summed E-state index contributed by atoms with van der Waals surface area (Å²) in [5.74, 6) is 1.67. The third kappa shape index (κ3) is 5.71. The highest BCUT2D eigenvalue weighted by Gasteiger charge is 2.23. The van der Waals surface area contributed by atoms with Gasteiger partial charge in [-0.1, -0.05) is 56.5 Å². The molecule has 0 aliphatic carbocycles. The van der Waals surface area contributed by atoms with Crippen LogP contribution in [0.5, 0.6) is 11.5 Å². The van der Waals surface area contributed by atoms with E-state index in [1.807, 2.05) is 12.1 Å². The van der Waals surface area contributed by atoms with Gasteiger partial charge in [0.2, 0.25) is 0 Å². The molecule has 1 saturated heterocycles. The average Bonchev–Trinajstić information content (AvgIpc) is 2.75. The van der Waals surface area contributed by atoms with Crippen molar-refractivity contribution in [2.24, 2.45) is 0 Å². The fraction of sp³-hybridized carbons (Fsp3) is 0.458. The molecule has 150 valence electrons. The van der Waals surface area contributed by atoms with Crippen LogP contribution in [0.2, 0.25) is 18.1 Å². The summed E-state index contributed by atoms with van der Waals surface area (Å²) in [6, 6.07) is 19.6. The molecular weight excluding hydrogens is 364 g/mol. The maximum Gasteiger partial charge on any atom is 0.343 e. The molecule has 0 aromatic heterocycles. The number of carbonyl (C=O) groups excluding carboxylic acids is 1. The topological polar surface area (TPSA) is 35.5 Å². The largest absolute Gasteiger partial charge is 0.497 e. The van der Waals surface area contributed by atoms with Gasteiger partial charge in [-0.05, 0) is 60.7 Å². The molecule has 4 heteroatoms. The summed E-state index contributed by atoms with van der Waals surface area (Å²) in [7, 11) is 1.14. The van der Waals surface area contributed by atoms with Crippen LogP contribution in [0, 0.1) is 0 Å². The van der Waals surface area contributed by atoms with Gasteiger partial charge in [-0.2, -0.15) is 0 Å². The van der Waals surface area contributed by atoms with Crippen LogP contribution in [0.25, 0.3) is 0 Å². The van der Waals surface area contributed by atoms with Crippen LogP contribution in [0.3, 0.4) is 0 Å². The van der Waals surface area contributed by atoms with Crippen LogP contribution in [-0.4, -0.2) is 21.9 Å². The van der Waals surface area contributed by atoms with Crippen molar-refractivity contribution in [3.8, 4) is 11.5 Å². The summed E-state index contributed by atoms with van der Waals surface area (Å²) < 4.78 is 10.6. The predicted octanol–water partition coefficient (Wildman–Crippen LogP) is 6.21. The SMILES string of the molecule is CCCCC[Si@H]1CC[C@H](c2ccc(OC(=O)c3ccc(OC)cc3)cc2)CC1. The first-order chi connectivity index (χ1) is 13.7. The van der Waals surface area contributed by atoms with Gasteiger partial charge in [-0.25, -0.2) is 4.79 Å². The molecule has 0 bridgehead atoms. The number of unbranched alkanes of at least 4 members (excludes halogenated alkanes) is 2. The molecule has 3 nitrogen and oxygen atoms in total. The van der Waals surface area contributed by atoms with Gasteiger partial charge in [0.1, 0.15) is 11.5 Å². The lowest BCUT2D eigenvalue weighted by atomic mass is 9.93. The number of hydrogen-bond acceptors (Lipinski definition) is 3. The molecule has 0 atom stereocenters. The molecule has 1 aliphatic heterocycles. The van der Waals surface area contributed by atoms with E-state index in [-0.39, 0.29) is 5.97 Å². The molecule has 2 aromatic carbocycles. The van der Waals surface area contributed by atoms with E-state index in [2.05, 4.69) is 19.1 Å². The summed E-state index contributed by atoms with van der Waals surface area (Å²) >= 11 is 0. The molecule has 2 aromatic rings. The summed E-state index contributed by atoms with van der Waals surface area (Å²) in [5, 5.41) is 0. The van der Waals surface area contributed by atoms with E-state index in [9.17, 15) is 4.79 Å². The van der Waals surface area contributed by atoms with Crippen LogP contribution in [0.4, 0.5) is 0 Å². The Balaban J connectivity index is 1.50. The standard InChI is InChI=1S/C24H32O3Si/c1-3-4-5-16-28-17-14-20(15-18-28)19-6-12-23(13-7-19)27-24(25)21-8-10-22(26-2)11-9-21/h6-13,20,28H,3-5,14-18H2,1-2H3/t20-,28-. The second-order valence-corrected chi connectivity index (χ2v) is 11.4. The van der Waals surface area contributed by atoms with E-state index < -0.39 is 8.80 Å². The minimum Gasteiger partial charge on any atom is -0.497 e. The van der Waals surface area contributed by atoms with Crippen LogP contribution in [-0.2, 0) is 0 Å². The Hall–Kier alpha value is -2.07. The minimum absolute atomic E-state index is 0.339. The molecule has 0 saturated carbocycles. The van der Waals surface area contributed by atoms with E-state index in [0.29, 0.717) is 17.2 Å². The Morgan fingerprint density at radius 2 is 1.61 bits per heavy atom. The predicted molar refractivity (Wildman–Crippen MR) is 117 cm³/mol. The lowest BCUT2D eigenvalue weighted by Crippen LogP contribution is -2.20. The molecule has 1 fully saturated rings. The molecule has 0 amide bonds. The van der Waals surface area contributed by atoms with Crippen LogP contribution in [0.15, 0.2) is 48.5 Å². The summed E-state index contributed by atoms with van der Waals surface area (Å²) in [6.07, 6.45) is 6.87. The van der Waals surface area contributed by atoms with Crippen molar-refractivity contribution in [3.63, 3.8) is 0 Å². The van der Waals surface area contributed by atoms with E-state index >= 15 is 0 Å². The summed E-state index contributed by atoms with van der Waals surface area (Å²) in [6.45, 7) is 2.29. The third-order valence-electron chi connectivity index (χ3n) is 5.95. The van der Waals surface area contributed by atoms with Gasteiger partial charge in [-0.15, -0.1) is 0 Å². The Labute approximate surface area is 170 Å². The van der Waals surface area contributed by atoms with Gasteiger partial charge < -0.3 is 9.47 Å². The zero-order valence-electron chi connectivity index (χ0n) is 17.2. The lowest BCUT2D eigenvalue weighted by molar-refractivity contribution is 0.0734. The number of methoxy groups -OCH3 is 1. The van der Waals surface area contributed by atoms with E-state index in [0.717, 1.165) is 5.75 Å². The fourth-order valence-electron chi connectivity index (χ4n) is 4.17. The van der Waals surface area contributed by atoms with Crippen molar-refractivity contribution in [1.82, 2.24) is 0 Å². The summed E-state index contributed by atoms with van der Waals surface area (Å²) in [4.78, 5) is 12.3. The molecule has 1 heterocycles. The first kappa shape index (κ1) is 20.7. The molecule has 3 rings (SSSR count). The van der Waals surface area contributed by atoms with Crippen LogP contribution < -0.4 is 9.47 Å². The Morgan fingerprint density at radius 1 is 0.964 bits per heavy atom. The Morgan fingerprint density at radius 3 is 2.21 bits per heavy atom. The van der Waals surface area contributed by atoms with Crippen molar-refractivity contribution < 1.29 is 14.3 Å². The zero-order chi connectivity index (χ0) is 19.8. The average molecular weight is 397 g/mol. The van der Waals surface area contributed by atoms with Gasteiger partial charge in [-0.3, -0.25) is 0 Å². The van der Waals surface area contributed by atoms with E-state index in [1.54, 1.807) is 37.4 Å². The quantitative estimate of drug-likeness (QED) is 0.230. The number of esters is 1. The molecule has 28 heavy (non-hydrogen) atoms. The molecule has 0 unspecified atom stereocenters. The van der Waals surface area contributed by atoms with Gasteiger partial charge in [0.15, 0.2) is 0 Å². The van der Waals surface area contributed by atoms with Crippen molar-refractivity contribution in [1.29, 1.82) is 0 Å². The van der Waals surface area contributed by atoms with Gasteiger partial charge in [0.25, 0.3) is 0 Å². The van der Waals surface area contributed by atoms with Gasteiger partial charge in [0, 0.05) is 8.80 Å². The molecule has 0 N–H and O–H groups in total. The van der Waals surface area contributed by atoms with Crippen molar-refractivity contribution in [2.45, 2.75) is 63.1 Å². The van der Waals surface area contributed by atoms with E-state index in [1.165, 1.54) is 49.8 Å². The fourth-order valence-corrected chi connectivity index (χ4v) is 7.65. The highest BCUT2D eigenvalue weighted by atomic mass is 28.3. The lowest BCUT2D eigenvalue weighted by Gasteiger charge is -2.28. The maximum atomic E-state index is 12.3. The van der Waals surface area contributed by atoms with Gasteiger partial charge >= 0.3 is 5.97 Å². The molecule has 1 aliphatic rings. The highest BCUT2D eigenvalue weighted by molar-refractivity contribution is 6.59. The number of carbonyl (C=O) groups is 1. The first-order valence-corrected chi connectivity index (χ1v) is 13.1. The zero-order valence-corrected chi connectivity index (χ0v) is 18.3. The van der Waals surface area contributed by atoms with E-state index in [4.69, 9.17) is 9.47 Å².